The van der Waals surface area contributed by atoms with Gasteiger partial charge < -0.3 is 19.3 Å². The number of carbonyl (C=O) groups excluding carboxylic acids is 1. The Hall–Kier alpha value is -3.81. The molecule has 0 spiro atoms. The molecule has 1 aliphatic rings. The first-order chi connectivity index (χ1) is 16.0. The minimum absolute atomic E-state index is 0.122. The maximum Gasteiger partial charge on any atom is 0.271 e. The summed E-state index contributed by atoms with van der Waals surface area (Å²) in [5.74, 6) is 0.949. The van der Waals surface area contributed by atoms with Crippen LogP contribution in [-0.2, 0) is 4.79 Å². The second-order valence-corrected chi connectivity index (χ2v) is 7.90. The zero-order valence-electron chi connectivity index (χ0n) is 19.1. The molecule has 1 aliphatic heterocycles. The SMILES string of the molecule is COc1ccc(-c2nn([C@@H](C)C(=O)N3CCN(c4ccccc4)CC3)c(=O)cc2OC)cc1. The van der Waals surface area contributed by atoms with Gasteiger partial charge in [0.05, 0.1) is 14.2 Å². The number of aromatic nitrogens is 2. The van der Waals surface area contributed by atoms with Crippen LogP contribution < -0.4 is 19.9 Å². The molecular weight excluding hydrogens is 420 g/mol. The van der Waals surface area contributed by atoms with E-state index in [1.54, 1.807) is 18.9 Å². The Bertz CT molecular complexity index is 1150. The zero-order chi connectivity index (χ0) is 23.4. The fraction of sp³-hybridized carbons (Fsp3) is 0.320. The topological polar surface area (TPSA) is 76.9 Å². The molecule has 33 heavy (non-hydrogen) atoms. The maximum atomic E-state index is 13.2. The summed E-state index contributed by atoms with van der Waals surface area (Å²) in [7, 11) is 3.09. The Kier molecular flexibility index (Phi) is 6.63. The number of piperazine rings is 1. The second kappa shape index (κ2) is 9.77. The monoisotopic (exact) mass is 448 g/mol. The Morgan fingerprint density at radius 3 is 2.21 bits per heavy atom. The molecule has 172 valence electrons. The Morgan fingerprint density at radius 2 is 1.61 bits per heavy atom. The van der Waals surface area contributed by atoms with E-state index in [-0.39, 0.29) is 11.5 Å². The van der Waals surface area contributed by atoms with E-state index in [0.29, 0.717) is 30.3 Å². The summed E-state index contributed by atoms with van der Waals surface area (Å²) in [6.07, 6.45) is 0. The highest BCUT2D eigenvalue weighted by molar-refractivity contribution is 5.80. The average molecular weight is 449 g/mol. The predicted octanol–water partition coefficient (Wildman–Crippen LogP) is 2.84. The van der Waals surface area contributed by atoms with Crippen molar-refractivity contribution in [2.45, 2.75) is 13.0 Å². The number of ether oxygens (including phenoxy) is 2. The third kappa shape index (κ3) is 4.69. The van der Waals surface area contributed by atoms with Gasteiger partial charge in [0.25, 0.3) is 5.56 Å². The molecule has 2 heterocycles. The van der Waals surface area contributed by atoms with Crippen molar-refractivity contribution in [2.24, 2.45) is 0 Å². The predicted molar refractivity (Wildman–Crippen MR) is 127 cm³/mol. The molecule has 3 aromatic rings. The summed E-state index contributed by atoms with van der Waals surface area (Å²) in [6, 6.07) is 18.1. The van der Waals surface area contributed by atoms with Crippen molar-refractivity contribution in [3.05, 3.63) is 71.0 Å². The molecule has 1 atom stereocenters. The largest absolute Gasteiger partial charge is 0.497 e. The molecule has 1 fully saturated rings. The maximum absolute atomic E-state index is 13.2. The van der Waals surface area contributed by atoms with Gasteiger partial charge in [-0.15, -0.1) is 0 Å². The number of rotatable bonds is 6. The fourth-order valence-electron chi connectivity index (χ4n) is 4.03. The third-order valence-electron chi connectivity index (χ3n) is 5.94. The highest BCUT2D eigenvalue weighted by Gasteiger charge is 2.28. The second-order valence-electron chi connectivity index (χ2n) is 7.90. The van der Waals surface area contributed by atoms with Crippen molar-refractivity contribution >= 4 is 11.6 Å². The lowest BCUT2D eigenvalue weighted by Gasteiger charge is -2.37. The number of nitrogens with zero attached hydrogens (tertiary/aromatic N) is 4. The summed E-state index contributed by atoms with van der Waals surface area (Å²) in [6.45, 7) is 4.38. The number of hydrogen-bond acceptors (Lipinski definition) is 6. The lowest BCUT2D eigenvalue weighted by Crippen LogP contribution is -2.51. The van der Waals surface area contributed by atoms with Crippen LogP contribution in [0.1, 0.15) is 13.0 Å². The van der Waals surface area contributed by atoms with Gasteiger partial charge in [0.1, 0.15) is 17.5 Å². The molecule has 8 heteroatoms. The van der Waals surface area contributed by atoms with Gasteiger partial charge in [-0.05, 0) is 43.3 Å². The van der Waals surface area contributed by atoms with E-state index in [1.807, 2.05) is 42.5 Å². The van der Waals surface area contributed by atoms with Crippen LogP contribution in [0, 0.1) is 0 Å². The van der Waals surface area contributed by atoms with Gasteiger partial charge in [-0.1, -0.05) is 18.2 Å². The van der Waals surface area contributed by atoms with Crippen LogP contribution in [0.5, 0.6) is 11.5 Å². The molecule has 0 bridgehead atoms. The fourth-order valence-corrected chi connectivity index (χ4v) is 4.03. The first-order valence-electron chi connectivity index (χ1n) is 10.9. The molecule has 4 rings (SSSR count). The lowest BCUT2D eigenvalue weighted by molar-refractivity contribution is -0.135. The Balaban J connectivity index is 1.54. The van der Waals surface area contributed by atoms with Crippen molar-refractivity contribution in [1.82, 2.24) is 14.7 Å². The molecule has 0 aliphatic carbocycles. The van der Waals surface area contributed by atoms with Crippen LogP contribution in [0.4, 0.5) is 5.69 Å². The van der Waals surface area contributed by atoms with Crippen LogP contribution in [-0.4, -0.2) is 61.0 Å². The van der Waals surface area contributed by atoms with E-state index in [0.717, 1.165) is 24.3 Å². The van der Waals surface area contributed by atoms with Gasteiger partial charge in [0.15, 0.2) is 5.75 Å². The normalized spacial score (nSPS) is 14.6. The number of amides is 1. The first-order valence-corrected chi connectivity index (χ1v) is 10.9. The van der Waals surface area contributed by atoms with Gasteiger partial charge in [0.2, 0.25) is 5.91 Å². The van der Waals surface area contributed by atoms with E-state index < -0.39 is 6.04 Å². The highest BCUT2D eigenvalue weighted by atomic mass is 16.5. The van der Waals surface area contributed by atoms with E-state index in [2.05, 4.69) is 22.1 Å². The van der Waals surface area contributed by atoms with Gasteiger partial charge >= 0.3 is 0 Å². The Labute approximate surface area is 193 Å². The van der Waals surface area contributed by atoms with E-state index in [1.165, 1.54) is 17.9 Å². The zero-order valence-corrected chi connectivity index (χ0v) is 19.1. The van der Waals surface area contributed by atoms with E-state index in [9.17, 15) is 9.59 Å². The number of benzene rings is 2. The number of para-hydroxylation sites is 1. The highest BCUT2D eigenvalue weighted by Crippen LogP contribution is 2.28. The van der Waals surface area contributed by atoms with Crippen molar-refractivity contribution < 1.29 is 14.3 Å². The molecular formula is C25H28N4O4. The van der Waals surface area contributed by atoms with Gasteiger partial charge in [-0.3, -0.25) is 9.59 Å². The average Bonchev–Trinajstić information content (AvgIpc) is 2.88. The quantitative estimate of drug-likeness (QED) is 0.577. The van der Waals surface area contributed by atoms with Crippen LogP contribution in [0.25, 0.3) is 11.3 Å². The molecule has 1 amide bonds. The number of anilines is 1. The molecule has 1 saturated heterocycles. The van der Waals surface area contributed by atoms with E-state index in [4.69, 9.17) is 9.47 Å². The molecule has 0 radical (unpaired) electrons. The summed E-state index contributed by atoms with van der Waals surface area (Å²) in [5, 5.41) is 4.53. The van der Waals surface area contributed by atoms with Crippen molar-refractivity contribution in [3.8, 4) is 22.8 Å². The third-order valence-corrected chi connectivity index (χ3v) is 5.94. The molecule has 0 N–H and O–H groups in total. The van der Waals surface area contributed by atoms with Crippen LogP contribution in [0.3, 0.4) is 0 Å². The van der Waals surface area contributed by atoms with Crippen LogP contribution in [0.2, 0.25) is 0 Å². The van der Waals surface area contributed by atoms with Crippen LogP contribution >= 0.6 is 0 Å². The smallest absolute Gasteiger partial charge is 0.271 e. The Morgan fingerprint density at radius 1 is 0.939 bits per heavy atom. The number of carbonyl (C=O) groups is 1. The molecule has 8 nitrogen and oxygen atoms in total. The number of methoxy groups -OCH3 is 2. The molecule has 1 aromatic heterocycles. The molecule has 0 unspecified atom stereocenters. The van der Waals surface area contributed by atoms with E-state index >= 15 is 0 Å². The summed E-state index contributed by atoms with van der Waals surface area (Å²) in [5.41, 5.74) is 2.02. The minimum Gasteiger partial charge on any atom is -0.497 e. The van der Waals surface area contributed by atoms with Gasteiger partial charge in [0, 0.05) is 43.5 Å². The van der Waals surface area contributed by atoms with Crippen molar-refractivity contribution in [3.63, 3.8) is 0 Å². The number of hydrogen-bond donors (Lipinski definition) is 0. The van der Waals surface area contributed by atoms with Gasteiger partial charge in [-0.2, -0.15) is 5.10 Å². The molecule has 2 aromatic carbocycles. The first kappa shape index (κ1) is 22.4. The summed E-state index contributed by atoms with van der Waals surface area (Å²) < 4.78 is 11.9. The lowest BCUT2D eigenvalue weighted by atomic mass is 10.1. The summed E-state index contributed by atoms with van der Waals surface area (Å²) >= 11 is 0. The molecule has 0 saturated carbocycles. The standard InChI is InChI=1S/C25H28N4O4/c1-18(25(31)28-15-13-27(14-16-28)20-7-5-4-6-8-20)29-23(30)17-22(33-3)24(26-29)19-9-11-21(32-2)12-10-19/h4-12,17-18H,13-16H2,1-3H3/t18-/m0/s1. The van der Waals surface area contributed by atoms with Gasteiger partial charge in [-0.25, -0.2) is 4.68 Å². The minimum atomic E-state index is -0.733. The van der Waals surface area contributed by atoms with Crippen LogP contribution in [0.15, 0.2) is 65.5 Å². The van der Waals surface area contributed by atoms with Crippen molar-refractivity contribution in [2.75, 3.05) is 45.3 Å². The summed E-state index contributed by atoms with van der Waals surface area (Å²) in [4.78, 5) is 30.1. The van der Waals surface area contributed by atoms with Crippen molar-refractivity contribution in [1.29, 1.82) is 0 Å².